The topological polar surface area (TPSA) is 34.1 Å². The molecule has 0 aromatic rings. The van der Waals surface area contributed by atoms with E-state index in [0.29, 0.717) is 0 Å². The van der Waals surface area contributed by atoms with Gasteiger partial charge in [0.15, 0.2) is 9.84 Å². The van der Waals surface area contributed by atoms with E-state index in [9.17, 15) is 8.42 Å². The Morgan fingerprint density at radius 3 is 1.67 bits per heavy atom. The molecule has 1 atom stereocenters. The van der Waals surface area contributed by atoms with Gasteiger partial charge in [-0.3, -0.25) is 0 Å². The first kappa shape index (κ1) is 8.95. The van der Waals surface area contributed by atoms with Crippen molar-refractivity contribution >= 4 is 9.84 Å². The summed E-state index contributed by atoms with van der Waals surface area (Å²) in [5.74, 6) is 0.942. The van der Waals surface area contributed by atoms with E-state index in [-0.39, 0.29) is 5.25 Å². The van der Waals surface area contributed by atoms with Crippen LogP contribution in [0, 0.1) is 5.92 Å². The molecule has 0 saturated heterocycles. The van der Waals surface area contributed by atoms with Crippen LogP contribution in [0.2, 0.25) is 0 Å². The minimum absolute atomic E-state index is 0.294. The summed E-state index contributed by atoms with van der Waals surface area (Å²) in [7, 11) is -2.84. The van der Waals surface area contributed by atoms with Crippen LogP contribution in [0.25, 0.3) is 0 Å². The largest absolute Gasteiger partial charge is 0.229 e. The molecule has 1 radical (unpaired) electrons. The van der Waals surface area contributed by atoms with Crippen molar-refractivity contribution in [2.75, 3.05) is 6.26 Å². The highest BCUT2D eigenvalue weighted by Gasteiger charge is 2.18. The molecular weight excluding hydrogens is 136 g/mol. The molecule has 0 aliphatic carbocycles. The third-order valence-electron chi connectivity index (χ3n) is 1.46. The Hall–Kier alpha value is -0.0500. The van der Waals surface area contributed by atoms with Gasteiger partial charge in [-0.2, -0.15) is 0 Å². The molecule has 0 amide bonds. The third kappa shape index (κ3) is 2.84. The van der Waals surface area contributed by atoms with Crippen molar-refractivity contribution in [2.24, 2.45) is 0 Å². The summed E-state index contributed by atoms with van der Waals surface area (Å²) in [4.78, 5) is 0. The molecular formula is C6H13O2S. The van der Waals surface area contributed by atoms with E-state index in [0.717, 1.165) is 5.92 Å². The molecule has 0 aromatic carbocycles. The van der Waals surface area contributed by atoms with Crippen molar-refractivity contribution in [3.63, 3.8) is 0 Å². The highest BCUT2D eigenvalue weighted by atomic mass is 32.2. The Morgan fingerprint density at radius 1 is 1.33 bits per heavy atom. The van der Waals surface area contributed by atoms with Crippen molar-refractivity contribution < 1.29 is 8.42 Å². The van der Waals surface area contributed by atoms with Crippen LogP contribution in [0.3, 0.4) is 0 Å². The number of sulfone groups is 1. The molecule has 0 bridgehead atoms. The first-order valence-corrected chi connectivity index (χ1v) is 4.80. The Kier molecular flexibility index (Phi) is 2.67. The molecule has 2 nitrogen and oxygen atoms in total. The van der Waals surface area contributed by atoms with Crippen LogP contribution in [-0.2, 0) is 9.84 Å². The summed E-state index contributed by atoms with van der Waals surface area (Å²) >= 11 is 0. The van der Waals surface area contributed by atoms with Crippen LogP contribution in [0.4, 0.5) is 0 Å². The number of hydrogen-bond acceptors (Lipinski definition) is 2. The van der Waals surface area contributed by atoms with Gasteiger partial charge in [0, 0.05) is 6.26 Å². The van der Waals surface area contributed by atoms with E-state index in [1.165, 1.54) is 6.26 Å². The monoisotopic (exact) mass is 149 g/mol. The first-order chi connectivity index (χ1) is 3.85. The molecule has 9 heavy (non-hydrogen) atoms. The third-order valence-corrected chi connectivity index (χ3v) is 3.21. The first-order valence-electron chi connectivity index (χ1n) is 2.84. The van der Waals surface area contributed by atoms with Crippen LogP contribution in [0.1, 0.15) is 20.8 Å². The smallest absolute Gasteiger partial charge is 0.150 e. The van der Waals surface area contributed by atoms with Gasteiger partial charge >= 0.3 is 0 Å². The molecule has 1 unspecified atom stereocenters. The maximum atomic E-state index is 10.8. The van der Waals surface area contributed by atoms with E-state index < -0.39 is 9.84 Å². The summed E-state index contributed by atoms with van der Waals surface area (Å²) in [6.07, 6.45) is 1.25. The van der Waals surface area contributed by atoms with E-state index in [1.54, 1.807) is 6.92 Å². The second-order valence-corrected chi connectivity index (χ2v) is 4.92. The van der Waals surface area contributed by atoms with Crippen LogP contribution in [0.15, 0.2) is 0 Å². The fourth-order valence-electron chi connectivity index (χ4n) is 0.428. The van der Waals surface area contributed by atoms with E-state index in [4.69, 9.17) is 0 Å². The summed E-state index contributed by atoms with van der Waals surface area (Å²) in [5, 5.41) is -0.294. The van der Waals surface area contributed by atoms with Crippen molar-refractivity contribution in [1.29, 1.82) is 0 Å². The lowest BCUT2D eigenvalue weighted by molar-refractivity contribution is 0.591. The summed E-state index contributed by atoms with van der Waals surface area (Å²) in [6.45, 7) is 5.35. The van der Waals surface area contributed by atoms with Crippen LogP contribution in [0.5, 0.6) is 0 Å². The van der Waals surface area contributed by atoms with Gasteiger partial charge in [-0.15, -0.1) is 0 Å². The fourth-order valence-corrected chi connectivity index (χ4v) is 1.28. The molecule has 0 aliphatic heterocycles. The zero-order valence-electron chi connectivity index (χ0n) is 6.30. The van der Waals surface area contributed by atoms with Crippen molar-refractivity contribution in [1.82, 2.24) is 0 Å². The van der Waals surface area contributed by atoms with Crippen LogP contribution < -0.4 is 0 Å². The van der Waals surface area contributed by atoms with Crippen LogP contribution >= 0.6 is 0 Å². The molecule has 0 aliphatic rings. The lowest BCUT2D eigenvalue weighted by atomic mass is 10.2. The van der Waals surface area contributed by atoms with E-state index >= 15 is 0 Å². The second-order valence-electron chi connectivity index (χ2n) is 2.55. The SMILES string of the molecule is C[C](C)C(C)S(C)(=O)=O. The second kappa shape index (κ2) is 2.69. The lowest BCUT2D eigenvalue weighted by Gasteiger charge is -2.11. The zero-order valence-corrected chi connectivity index (χ0v) is 7.12. The van der Waals surface area contributed by atoms with Crippen LogP contribution in [-0.4, -0.2) is 19.9 Å². The minimum Gasteiger partial charge on any atom is -0.229 e. The summed E-state index contributed by atoms with van der Waals surface area (Å²) in [6, 6.07) is 0. The molecule has 0 aromatic heterocycles. The van der Waals surface area contributed by atoms with Gasteiger partial charge in [0.25, 0.3) is 0 Å². The zero-order chi connectivity index (χ0) is 7.65. The molecule has 0 N–H and O–H groups in total. The van der Waals surface area contributed by atoms with Crippen molar-refractivity contribution in [3.8, 4) is 0 Å². The molecule has 3 heteroatoms. The maximum absolute atomic E-state index is 10.8. The van der Waals surface area contributed by atoms with Gasteiger partial charge in [-0.1, -0.05) is 13.8 Å². The predicted octanol–water partition coefficient (Wildman–Crippen LogP) is 1.03. The average Bonchev–Trinajstić information content (AvgIpc) is 1.62. The van der Waals surface area contributed by atoms with Gasteiger partial charge in [0.1, 0.15) is 0 Å². The van der Waals surface area contributed by atoms with Gasteiger partial charge < -0.3 is 0 Å². The number of hydrogen-bond donors (Lipinski definition) is 0. The molecule has 0 spiro atoms. The van der Waals surface area contributed by atoms with E-state index in [1.807, 2.05) is 13.8 Å². The van der Waals surface area contributed by atoms with Crippen molar-refractivity contribution in [3.05, 3.63) is 5.92 Å². The number of rotatable bonds is 2. The Morgan fingerprint density at radius 2 is 1.67 bits per heavy atom. The lowest BCUT2D eigenvalue weighted by Crippen LogP contribution is -2.20. The maximum Gasteiger partial charge on any atom is 0.150 e. The standard InChI is InChI=1S/C6H13O2S/c1-5(2)6(3)9(4,7)8/h6H,1-4H3. The van der Waals surface area contributed by atoms with Crippen molar-refractivity contribution in [2.45, 2.75) is 26.0 Å². The molecule has 55 valence electrons. The van der Waals surface area contributed by atoms with Gasteiger partial charge in [0.2, 0.25) is 0 Å². The van der Waals surface area contributed by atoms with Gasteiger partial charge in [0.05, 0.1) is 5.25 Å². The molecule has 0 saturated carbocycles. The minimum atomic E-state index is -2.84. The predicted molar refractivity (Wildman–Crippen MR) is 38.9 cm³/mol. The Labute approximate surface area is 57.2 Å². The Balaban J connectivity index is 4.24. The molecule has 0 fully saturated rings. The molecule has 0 heterocycles. The summed E-state index contributed by atoms with van der Waals surface area (Å²) < 4.78 is 21.5. The fraction of sp³-hybridized carbons (Fsp3) is 0.833. The Bertz CT molecular complexity index is 167. The van der Waals surface area contributed by atoms with E-state index in [2.05, 4.69) is 0 Å². The van der Waals surface area contributed by atoms with Gasteiger partial charge in [-0.05, 0) is 12.8 Å². The molecule has 0 rings (SSSR count). The highest BCUT2D eigenvalue weighted by molar-refractivity contribution is 7.91. The quantitative estimate of drug-likeness (QED) is 0.587. The summed E-state index contributed by atoms with van der Waals surface area (Å²) in [5.41, 5.74) is 0. The van der Waals surface area contributed by atoms with Gasteiger partial charge in [-0.25, -0.2) is 8.42 Å². The normalized spacial score (nSPS) is 16.1. The highest BCUT2D eigenvalue weighted by Crippen LogP contribution is 2.11. The average molecular weight is 149 g/mol.